The summed E-state index contributed by atoms with van der Waals surface area (Å²) in [5.74, 6) is 1.45. The van der Waals surface area contributed by atoms with Crippen LogP contribution < -0.4 is 9.47 Å². The first-order chi connectivity index (χ1) is 17.2. The lowest BCUT2D eigenvalue weighted by Gasteiger charge is -2.14. The van der Waals surface area contributed by atoms with Crippen molar-refractivity contribution in [3.63, 3.8) is 0 Å². The molecule has 0 saturated carbocycles. The molecule has 0 atom stereocenters. The average Bonchev–Trinajstić information content (AvgIpc) is 2.86. The van der Waals surface area contributed by atoms with Gasteiger partial charge in [0.2, 0.25) is 0 Å². The molecule has 0 aliphatic carbocycles. The average molecular weight is 551 g/mol. The fourth-order valence-corrected chi connectivity index (χ4v) is 4.80. The molecule has 35 heavy (non-hydrogen) atoms. The molecule has 0 aliphatic heterocycles. The molecular formula is C31H52BrNO2. The van der Waals surface area contributed by atoms with Gasteiger partial charge in [0, 0.05) is 10.5 Å². The molecule has 0 aliphatic rings. The van der Waals surface area contributed by atoms with E-state index in [0.717, 1.165) is 23.1 Å². The Balaban J connectivity index is 2.23. The van der Waals surface area contributed by atoms with Gasteiger partial charge < -0.3 is 9.47 Å². The molecule has 3 nitrogen and oxygen atoms in total. The van der Waals surface area contributed by atoms with Crippen LogP contribution in [0.15, 0.2) is 16.6 Å². The van der Waals surface area contributed by atoms with Gasteiger partial charge in [0.25, 0.3) is 0 Å². The molecule has 0 unspecified atom stereocenters. The highest BCUT2D eigenvalue weighted by molar-refractivity contribution is 9.10. The van der Waals surface area contributed by atoms with Gasteiger partial charge in [-0.1, -0.05) is 129 Å². The Morgan fingerprint density at radius 2 is 0.914 bits per heavy atom. The minimum Gasteiger partial charge on any atom is -0.490 e. The number of hydrogen-bond acceptors (Lipinski definition) is 3. The molecule has 0 saturated heterocycles. The minimum atomic E-state index is 0.592. The van der Waals surface area contributed by atoms with Crippen LogP contribution in [0.1, 0.15) is 148 Å². The predicted octanol–water partition coefficient (Wildman–Crippen LogP) is 10.9. The Morgan fingerprint density at radius 3 is 1.29 bits per heavy atom. The third kappa shape index (κ3) is 17.0. The summed E-state index contributed by atoms with van der Waals surface area (Å²) in [6.45, 7) is 5.92. The highest BCUT2D eigenvalue weighted by Gasteiger charge is 2.11. The van der Waals surface area contributed by atoms with Crippen molar-refractivity contribution >= 4 is 15.9 Å². The SMILES string of the molecule is CCCCCCCCCCCCOc1cc(Br)c(C#N)cc1OCCCCCCCCCCCC. The number of benzene rings is 1. The van der Waals surface area contributed by atoms with Crippen LogP contribution in [0.2, 0.25) is 0 Å². The van der Waals surface area contributed by atoms with Gasteiger partial charge in [-0.2, -0.15) is 5.26 Å². The third-order valence-corrected chi connectivity index (χ3v) is 7.32. The van der Waals surface area contributed by atoms with Gasteiger partial charge in [-0.05, 0) is 34.8 Å². The summed E-state index contributed by atoms with van der Waals surface area (Å²) in [6, 6.07) is 5.94. The molecule has 4 heteroatoms. The summed E-state index contributed by atoms with van der Waals surface area (Å²) >= 11 is 3.49. The normalized spacial score (nSPS) is 10.9. The van der Waals surface area contributed by atoms with Gasteiger partial charge in [-0.25, -0.2) is 0 Å². The van der Waals surface area contributed by atoms with Crippen molar-refractivity contribution in [2.24, 2.45) is 0 Å². The molecule has 0 amide bonds. The maximum atomic E-state index is 9.39. The second-order valence-electron chi connectivity index (χ2n) is 9.95. The first kappa shape index (κ1) is 31.8. The largest absolute Gasteiger partial charge is 0.490 e. The summed E-state index contributed by atoms with van der Waals surface area (Å²) in [4.78, 5) is 0. The van der Waals surface area contributed by atoms with E-state index in [4.69, 9.17) is 9.47 Å². The Hall–Kier alpha value is -1.21. The van der Waals surface area contributed by atoms with E-state index in [0.29, 0.717) is 24.5 Å². The van der Waals surface area contributed by atoms with Crippen molar-refractivity contribution in [2.45, 2.75) is 142 Å². The fraction of sp³-hybridized carbons (Fsp3) is 0.774. The first-order valence-corrected chi connectivity index (χ1v) is 15.5. The number of unbranched alkanes of at least 4 members (excludes halogenated alkanes) is 18. The van der Waals surface area contributed by atoms with Crippen molar-refractivity contribution in [3.8, 4) is 17.6 Å². The number of halogens is 1. The molecule has 0 bridgehead atoms. The van der Waals surface area contributed by atoms with Crippen LogP contribution in [-0.2, 0) is 0 Å². The highest BCUT2D eigenvalue weighted by atomic mass is 79.9. The lowest BCUT2D eigenvalue weighted by atomic mass is 10.1. The second-order valence-corrected chi connectivity index (χ2v) is 10.8. The number of rotatable bonds is 24. The van der Waals surface area contributed by atoms with Crippen LogP contribution in [-0.4, -0.2) is 13.2 Å². The number of ether oxygens (including phenoxy) is 2. The number of hydrogen-bond donors (Lipinski definition) is 0. The third-order valence-electron chi connectivity index (χ3n) is 6.66. The lowest BCUT2D eigenvalue weighted by molar-refractivity contribution is 0.258. The molecule has 0 spiro atoms. The molecule has 1 rings (SSSR count). The zero-order valence-corrected chi connectivity index (χ0v) is 24.4. The minimum absolute atomic E-state index is 0.592. The van der Waals surface area contributed by atoms with Crippen molar-refractivity contribution in [1.82, 2.24) is 0 Å². The van der Waals surface area contributed by atoms with Crippen LogP contribution >= 0.6 is 15.9 Å². The van der Waals surface area contributed by atoms with E-state index >= 15 is 0 Å². The van der Waals surface area contributed by atoms with E-state index < -0.39 is 0 Å². The van der Waals surface area contributed by atoms with Gasteiger partial charge in [-0.15, -0.1) is 0 Å². The highest BCUT2D eigenvalue weighted by Crippen LogP contribution is 2.34. The van der Waals surface area contributed by atoms with Crippen LogP contribution in [0, 0.1) is 11.3 Å². The quantitative estimate of drug-likeness (QED) is 0.120. The monoisotopic (exact) mass is 549 g/mol. The van der Waals surface area contributed by atoms with E-state index in [1.54, 1.807) is 0 Å². The fourth-order valence-electron chi connectivity index (χ4n) is 4.39. The van der Waals surface area contributed by atoms with Gasteiger partial charge >= 0.3 is 0 Å². The standard InChI is InChI=1S/C31H52BrNO2/c1-3-5-7-9-11-13-15-17-19-21-23-34-30-25-28(27-33)29(32)26-31(30)35-24-22-20-18-16-14-12-10-8-6-4-2/h25-26H,3-24H2,1-2H3. The summed E-state index contributed by atoms with van der Waals surface area (Å²) in [5.41, 5.74) is 0.592. The van der Waals surface area contributed by atoms with Crippen molar-refractivity contribution in [3.05, 3.63) is 22.2 Å². The predicted molar refractivity (Wildman–Crippen MR) is 154 cm³/mol. The van der Waals surface area contributed by atoms with E-state index in [2.05, 4.69) is 35.8 Å². The topological polar surface area (TPSA) is 42.2 Å². The molecular weight excluding hydrogens is 498 g/mol. The lowest BCUT2D eigenvalue weighted by Crippen LogP contribution is -2.03. The van der Waals surface area contributed by atoms with Crippen molar-refractivity contribution < 1.29 is 9.47 Å². The smallest absolute Gasteiger partial charge is 0.162 e. The maximum absolute atomic E-state index is 9.39. The zero-order chi connectivity index (χ0) is 25.4. The van der Waals surface area contributed by atoms with Crippen LogP contribution in [0.4, 0.5) is 0 Å². The van der Waals surface area contributed by atoms with E-state index in [9.17, 15) is 5.26 Å². The molecule has 0 fully saturated rings. The first-order valence-electron chi connectivity index (χ1n) is 14.7. The number of nitrogens with zero attached hydrogens (tertiary/aromatic N) is 1. The van der Waals surface area contributed by atoms with Crippen molar-refractivity contribution in [1.29, 1.82) is 5.26 Å². The van der Waals surface area contributed by atoms with Gasteiger partial charge in [0.1, 0.15) is 6.07 Å². The van der Waals surface area contributed by atoms with Crippen LogP contribution in [0.3, 0.4) is 0 Å². The Morgan fingerprint density at radius 1 is 0.571 bits per heavy atom. The van der Waals surface area contributed by atoms with E-state index in [-0.39, 0.29) is 0 Å². The molecule has 0 aromatic heterocycles. The molecule has 0 radical (unpaired) electrons. The van der Waals surface area contributed by atoms with Gasteiger partial charge in [-0.3, -0.25) is 0 Å². The number of nitriles is 1. The van der Waals surface area contributed by atoms with Crippen molar-refractivity contribution in [2.75, 3.05) is 13.2 Å². The summed E-state index contributed by atoms with van der Waals surface area (Å²) in [7, 11) is 0. The van der Waals surface area contributed by atoms with Gasteiger partial charge in [0.05, 0.1) is 18.8 Å². The maximum Gasteiger partial charge on any atom is 0.162 e. The second kappa shape index (κ2) is 23.2. The zero-order valence-electron chi connectivity index (χ0n) is 22.9. The molecule has 0 N–H and O–H groups in total. The van der Waals surface area contributed by atoms with E-state index in [1.165, 1.54) is 116 Å². The van der Waals surface area contributed by atoms with Crippen LogP contribution in [0.5, 0.6) is 11.5 Å². The Labute approximate surface area is 225 Å². The molecule has 1 aromatic carbocycles. The molecule has 200 valence electrons. The Kier molecular flexibility index (Phi) is 21.1. The van der Waals surface area contributed by atoms with E-state index in [1.807, 2.05) is 12.1 Å². The molecule has 1 aromatic rings. The molecule has 0 heterocycles. The Bertz CT molecular complexity index is 671. The summed E-state index contributed by atoms with van der Waals surface area (Å²) in [6.07, 6.45) is 26.2. The summed E-state index contributed by atoms with van der Waals surface area (Å²) < 4.78 is 12.9. The van der Waals surface area contributed by atoms with Gasteiger partial charge in [0.15, 0.2) is 11.5 Å². The van der Waals surface area contributed by atoms with Crippen LogP contribution in [0.25, 0.3) is 0 Å². The summed E-state index contributed by atoms with van der Waals surface area (Å²) in [5, 5.41) is 9.39.